The van der Waals surface area contributed by atoms with Crippen LogP contribution in [0.4, 0.5) is 0 Å². The quantitative estimate of drug-likeness (QED) is 0.438. The first-order chi connectivity index (χ1) is 11.3. The molecule has 0 amide bonds. The Labute approximate surface area is 146 Å². The number of nitriles is 3. The molecule has 0 aromatic carbocycles. The second-order valence-electron chi connectivity index (χ2n) is 6.23. The van der Waals surface area contributed by atoms with Crippen LogP contribution in [0, 0.1) is 39.4 Å². The maximum absolute atomic E-state index is 11.7. The van der Waals surface area contributed by atoms with Crippen LogP contribution in [0.3, 0.4) is 0 Å². The van der Waals surface area contributed by atoms with E-state index in [1.165, 1.54) is 18.9 Å². The van der Waals surface area contributed by atoms with Crippen LogP contribution in [0.5, 0.6) is 0 Å². The highest BCUT2D eigenvalue weighted by Gasteiger charge is 2.28. The van der Waals surface area contributed by atoms with Gasteiger partial charge in [-0.2, -0.15) is 15.8 Å². The van der Waals surface area contributed by atoms with Crippen LogP contribution in [-0.4, -0.2) is 19.3 Å². The van der Waals surface area contributed by atoms with Crippen molar-refractivity contribution in [3.05, 3.63) is 33.3 Å². The normalized spacial score (nSPS) is 16.7. The molecule has 0 aliphatic heterocycles. The summed E-state index contributed by atoms with van der Waals surface area (Å²) in [5.41, 5.74) is 1.72. The number of hydrogen-bond donors (Lipinski definition) is 0. The molecule has 1 rings (SSSR count). The molecule has 0 radical (unpaired) electrons. The molecule has 0 atom stereocenters. The molecule has 1 aliphatic rings. The van der Waals surface area contributed by atoms with Crippen LogP contribution in [0.25, 0.3) is 0 Å². The van der Waals surface area contributed by atoms with E-state index in [-0.39, 0.29) is 16.6 Å². The van der Waals surface area contributed by atoms with Gasteiger partial charge < -0.3 is 4.74 Å². The lowest BCUT2D eigenvalue weighted by Crippen LogP contribution is -2.18. The van der Waals surface area contributed by atoms with Gasteiger partial charge in [0.1, 0.15) is 29.4 Å². The lowest BCUT2D eigenvalue weighted by atomic mass is 9.73. The Morgan fingerprint density at radius 3 is 2.33 bits per heavy atom. The number of ether oxygens (including phenoxy) is 1. The van der Waals surface area contributed by atoms with Gasteiger partial charge in [-0.25, -0.2) is 4.79 Å². The van der Waals surface area contributed by atoms with Gasteiger partial charge in [-0.3, -0.25) is 0 Å². The summed E-state index contributed by atoms with van der Waals surface area (Å²) in [5, 5.41) is 27.5. The van der Waals surface area contributed by atoms with Crippen molar-refractivity contribution < 1.29 is 9.53 Å². The third kappa shape index (κ3) is 4.75. The molecule has 0 unspecified atom stereocenters. The van der Waals surface area contributed by atoms with Crippen LogP contribution in [0.1, 0.15) is 33.1 Å². The Morgan fingerprint density at radius 2 is 1.88 bits per heavy atom. The van der Waals surface area contributed by atoms with Crippen LogP contribution in [-0.2, 0) is 9.53 Å². The average molecular weight is 341 g/mol. The molecule has 0 heterocycles. The standard InChI is InChI=1S/C18H19N3O2S/c1-18(2)7-12(5-13(8-18)14(9-19)10-20)6-16(24-4)15(11-21)17(22)23-3/h5H,6-8H2,1-4H3/b16-15-. The molecule has 0 aromatic rings. The maximum Gasteiger partial charge on any atom is 0.349 e. The van der Waals surface area contributed by atoms with Crippen molar-refractivity contribution in [3.63, 3.8) is 0 Å². The number of thioether (sulfide) groups is 1. The van der Waals surface area contributed by atoms with E-state index in [4.69, 9.17) is 10.5 Å². The SMILES string of the molecule is COC(=O)/C(C#N)=C(/CC1=CC(=C(C#N)C#N)CC(C)(C)C1)SC. The van der Waals surface area contributed by atoms with Crippen molar-refractivity contribution in [3.8, 4) is 18.2 Å². The number of allylic oxidation sites excluding steroid dienone is 5. The molecule has 1 aliphatic carbocycles. The summed E-state index contributed by atoms with van der Waals surface area (Å²) in [6.45, 7) is 4.14. The summed E-state index contributed by atoms with van der Waals surface area (Å²) in [5.74, 6) is -0.650. The molecular weight excluding hydrogens is 322 g/mol. The van der Waals surface area contributed by atoms with Gasteiger partial charge in [-0.15, -0.1) is 11.8 Å². The Hall–Kier alpha value is -2.49. The first kappa shape index (κ1) is 19.6. The maximum atomic E-state index is 11.7. The summed E-state index contributed by atoms with van der Waals surface area (Å²) in [6.07, 6.45) is 5.50. The van der Waals surface area contributed by atoms with Crippen LogP contribution >= 0.6 is 11.8 Å². The predicted molar refractivity (Wildman–Crippen MR) is 92.1 cm³/mol. The fourth-order valence-corrected chi connectivity index (χ4v) is 3.44. The molecule has 124 valence electrons. The number of esters is 1. The van der Waals surface area contributed by atoms with Gasteiger partial charge in [0, 0.05) is 11.3 Å². The van der Waals surface area contributed by atoms with Gasteiger partial charge in [-0.05, 0) is 30.1 Å². The third-order valence-corrected chi connectivity index (χ3v) is 4.55. The predicted octanol–water partition coefficient (Wildman–Crippen LogP) is 3.78. The molecule has 0 bridgehead atoms. The van der Waals surface area contributed by atoms with E-state index in [0.717, 1.165) is 12.0 Å². The Morgan fingerprint density at radius 1 is 1.25 bits per heavy atom. The zero-order valence-electron chi connectivity index (χ0n) is 14.3. The van der Waals surface area contributed by atoms with E-state index in [1.807, 2.05) is 24.3 Å². The largest absolute Gasteiger partial charge is 0.465 e. The highest BCUT2D eigenvalue weighted by molar-refractivity contribution is 8.02. The summed E-state index contributed by atoms with van der Waals surface area (Å²) in [6, 6.07) is 5.79. The van der Waals surface area contributed by atoms with E-state index >= 15 is 0 Å². The number of rotatable bonds is 4. The third-order valence-electron chi connectivity index (χ3n) is 3.71. The number of nitrogens with zero attached hydrogens (tertiary/aromatic N) is 3. The van der Waals surface area contributed by atoms with Crippen molar-refractivity contribution >= 4 is 17.7 Å². The Bertz CT molecular complexity index is 737. The van der Waals surface area contributed by atoms with E-state index in [2.05, 4.69) is 18.6 Å². The van der Waals surface area contributed by atoms with Crippen molar-refractivity contribution in [2.45, 2.75) is 33.1 Å². The highest BCUT2D eigenvalue weighted by Crippen LogP contribution is 2.42. The van der Waals surface area contributed by atoms with Gasteiger partial charge >= 0.3 is 5.97 Å². The molecule has 24 heavy (non-hydrogen) atoms. The monoisotopic (exact) mass is 341 g/mol. The second-order valence-corrected chi connectivity index (χ2v) is 7.13. The van der Waals surface area contributed by atoms with E-state index in [9.17, 15) is 10.1 Å². The van der Waals surface area contributed by atoms with Gasteiger partial charge in [0.2, 0.25) is 0 Å². The first-order valence-corrected chi connectivity index (χ1v) is 8.52. The number of hydrogen-bond acceptors (Lipinski definition) is 6. The molecule has 0 saturated heterocycles. The topological polar surface area (TPSA) is 97.7 Å². The number of methoxy groups -OCH3 is 1. The fraction of sp³-hybridized carbons (Fsp3) is 0.444. The number of carbonyl (C=O) groups excluding carboxylic acids is 1. The Kier molecular flexibility index (Phi) is 6.83. The zero-order chi connectivity index (χ0) is 18.3. The number of carbonyl (C=O) groups is 1. The highest BCUT2D eigenvalue weighted by atomic mass is 32.2. The lowest BCUT2D eigenvalue weighted by Gasteiger charge is -2.31. The minimum absolute atomic E-state index is 0.000555. The Balaban J connectivity index is 3.35. The molecule has 6 heteroatoms. The summed E-state index contributed by atoms with van der Waals surface area (Å²) >= 11 is 1.33. The van der Waals surface area contributed by atoms with Crippen LogP contribution in [0.2, 0.25) is 0 Å². The lowest BCUT2D eigenvalue weighted by molar-refractivity contribution is -0.135. The smallest absolute Gasteiger partial charge is 0.349 e. The molecular formula is C18H19N3O2S. The van der Waals surface area contributed by atoms with Gasteiger partial charge in [-0.1, -0.05) is 25.5 Å². The molecule has 0 saturated carbocycles. The second kappa shape index (κ2) is 8.39. The molecule has 0 spiro atoms. The van der Waals surface area contributed by atoms with Crippen LogP contribution < -0.4 is 0 Å². The fourth-order valence-electron chi connectivity index (χ4n) is 2.78. The van der Waals surface area contributed by atoms with Crippen molar-refractivity contribution in [2.75, 3.05) is 13.4 Å². The minimum Gasteiger partial charge on any atom is -0.465 e. The van der Waals surface area contributed by atoms with E-state index in [1.54, 1.807) is 6.26 Å². The molecule has 0 fully saturated rings. The van der Waals surface area contributed by atoms with Crippen molar-refractivity contribution in [2.24, 2.45) is 5.41 Å². The summed E-state index contributed by atoms with van der Waals surface area (Å²) in [7, 11) is 1.24. The molecule has 5 nitrogen and oxygen atoms in total. The van der Waals surface area contributed by atoms with Crippen LogP contribution in [0.15, 0.2) is 33.3 Å². The molecule has 0 aromatic heterocycles. The zero-order valence-corrected chi connectivity index (χ0v) is 15.1. The summed E-state index contributed by atoms with van der Waals surface area (Å²) in [4.78, 5) is 12.4. The van der Waals surface area contributed by atoms with Gasteiger partial charge in [0.25, 0.3) is 0 Å². The molecule has 0 N–H and O–H groups in total. The summed E-state index contributed by atoms with van der Waals surface area (Å²) < 4.78 is 4.66. The minimum atomic E-state index is -0.650. The van der Waals surface area contributed by atoms with Gasteiger partial charge in [0.15, 0.2) is 0 Å². The first-order valence-electron chi connectivity index (χ1n) is 7.30. The van der Waals surface area contributed by atoms with Crippen molar-refractivity contribution in [1.82, 2.24) is 0 Å². The van der Waals surface area contributed by atoms with E-state index < -0.39 is 5.97 Å². The van der Waals surface area contributed by atoms with E-state index in [0.29, 0.717) is 23.3 Å². The van der Waals surface area contributed by atoms with Crippen molar-refractivity contribution in [1.29, 1.82) is 15.8 Å². The van der Waals surface area contributed by atoms with Gasteiger partial charge in [0.05, 0.1) is 7.11 Å². The average Bonchev–Trinajstić information content (AvgIpc) is 2.53.